The third-order valence-corrected chi connectivity index (χ3v) is 3.60. The van der Waals surface area contributed by atoms with Crippen molar-refractivity contribution in [2.75, 3.05) is 13.7 Å². The van der Waals surface area contributed by atoms with Gasteiger partial charge in [-0.3, -0.25) is 0 Å². The average molecular weight is 233 g/mol. The van der Waals surface area contributed by atoms with Crippen LogP contribution in [0.15, 0.2) is 30.3 Å². The van der Waals surface area contributed by atoms with Gasteiger partial charge in [-0.1, -0.05) is 30.3 Å². The average Bonchev–Trinajstić information content (AvgIpc) is 2.32. The highest BCUT2D eigenvalue weighted by atomic mass is 16.5. The number of aryl methyl sites for hydroxylation is 1. The molecule has 1 N–H and O–H groups in total. The molecule has 0 aliphatic heterocycles. The van der Waals surface area contributed by atoms with E-state index in [2.05, 4.69) is 35.6 Å². The van der Waals surface area contributed by atoms with Gasteiger partial charge in [0, 0.05) is 13.2 Å². The first-order chi connectivity index (χ1) is 8.38. The Morgan fingerprint density at radius 3 is 2.65 bits per heavy atom. The summed E-state index contributed by atoms with van der Waals surface area (Å²) in [5.41, 5.74) is 1.45. The van der Waals surface area contributed by atoms with E-state index in [-0.39, 0.29) is 0 Å². The minimum absolute atomic E-state index is 0.511. The lowest BCUT2D eigenvalue weighted by molar-refractivity contribution is 0.0175. The first-order valence-corrected chi connectivity index (χ1v) is 6.68. The molecule has 0 amide bonds. The molecule has 2 heteroatoms. The van der Waals surface area contributed by atoms with Crippen molar-refractivity contribution in [1.29, 1.82) is 0 Å². The highest BCUT2D eigenvalue weighted by Crippen LogP contribution is 2.22. The molecule has 0 spiro atoms. The second kappa shape index (κ2) is 6.77. The number of benzene rings is 1. The van der Waals surface area contributed by atoms with E-state index in [1.165, 1.54) is 37.7 Å². The Kier molecular flexibility index (Phi) is 5.02. The Morgan fingerprint density at radius 2 is 1.94 bits per heavy atom. The molecule has 1 aromatic carbocycles. The normalized spacial score (nSPS) is 23.4. The SMILES string of the molecule is COC1CC(NCCCCc2ccccc2)C1. The zero-order valence-corrected chi connectivity index (χ0v) is 10.7. The molecule has 94 valence electrons. The standard InChI is InChI=1S/C15H23NO/c1-17-15-11-14(12-15)16-10-6-5-9-13-7-3-2-4-8-13/h2-4,7-8,14-16H,5-6,9-12H2,1H3. The summed E-state index contributed by atoms with van der Waals surface area (Å²) in [4.78, 5) is 0. The van der Waals surface area contributed by atoms with Gasteiger partial charge in [-0.25, -0.2) is 0 Å². The predicted octanol–water partition coefficient (Wildman–Crippen LogP) is 2.78. The van der Waals surface area contributed by atoms with E-state index in [1.54, 1.807) is 7.11 Å². The zero-order valence-electron chi connectivity index (χ0n) is 10.7. The minimum atomic E-state index is 0.511. The quantitative estimate of drug-likeness (QED) is 0.731. The second-order valence-electron chi connectivity index (χ2n) is 4.92. The molecule has 0 radical (unpaired) electrons. The highest BCUT2D eigenvalue weighted by Gasteiger charge is 2.27. The highest BCUT2D eigenvalue weighted by molar-refractivity contribution is 5.14. The number of nitrogens with one attached hydrogen (secondary N) is 1. The third-order valence-electron chi connectivity index (χ3n) is 3.60. The molecule has 0 unspecified atom stereocenters. The Bertz CT molecular complexity index is 306. The van der Waals surface area contributed by atoms with E-state index in [0.29, 0.717) is 12.1 Å². The van der Waals surface area contributed by atoms with E-state index in [0.717, 1.165) is 6.54 Å². The van der Waals surface area contributed by atoms with Crippen molar-refractivity contribution in [2.24, 2.45) is 0 Å². The second-order valence-corrected chi connectivity index (χ2v) is 4.92. The molecule has 2 rings (SSSR count). The van der Waals surface area contributed by atoms with Crippen LogP contribution < -0.4 is 5.32 Å². The van der Waals surface area contributed by atoms with Crippen molar-refractivity contribution < 1.29 is 4.74 Å². The number of hydrogen-bond acceptors (Lipinski definition) is 2. The molecule has 1 aliphatic rings. The van der Waals surface area contributed by atoms with Crippen molar-refractivity contribution in [1.82, 2.24) is 5.32 Å². The lowest BCUT2D eigenvalue weighted by atomic mass is 9.89. The number of ether oxygens (including phenoxy) is 1. The molecule has 17 heavy (non-hydrogen) atoms. The van der Waals surface area contributed by atoms with Crippen LogP contribution in [-0.2, 0) is 11.2 Å². The van der Waals surface area contributed by atoms with Crippen LogP contribution in [0.2, 0.25) is 0 Å². The smallest absolute Gasteiger partial charge is 0.0601 e. The third kappa shape index (κ3) is 4.14. The topological polar surface area (TPSA) is 21.3 Å². The van der Waals surface area contributed by atoms with E-state index < -0.39 is 0 Å². The first-order valence-electron chi connectivity index (χ1n) is 6.68. The van der Waals surface area contributed by atoms with Crippen LogP contribution in [-0.4, -0.2) is 25.8 Å². The fourth-order valence-corrected chi connectivity index (χ4v) is 2.33. The summed E-state index contributed by atoms with van der Waals surface area (Å²) in [6, 6.07) is 11.4. The maximum atomic E-state index is 5.26. The molecule has 0 atom stereocenters. The molecule has 1 saturated carbocycles. The van der Waals surface area contributed by atoms with Crippen LogP contribution in [0.3, 0.4) is 0 Å². The number of rotatable bonds is 7. The van der Waals surface area contributed by atoms with E-state index in [9.17, 15) is 0 Å². The molecular formula is C15H23NO. The van der Waals surface area contributed by atoms with Gasteiger partial charge >= 0.3 is 0 Å². The Hall–Kier alpha value is -0.860. The monoisotopic (exact) mass is 233 g/mol. The largest absolute Gasteiger partial charge is 0.381 e. The Morgan fingerprint density at radius 1 is 1.18 bits per heavy atom. The molecule has 0 bridgehead atoms. The van der Waals surface area contributed by atoms with E-state index in [1.807, 2.05) is 0 Å². The van der Waals surface area contributed by atoms with E-state index in [4.69, 9.17) is 4.74 Å². The number of hydrogen-bond donors (Lipinski definition) is 1. The lowest BCUT2D eigenvalue weighted by Gasteiger charge is -2.34. The summed E-state index contributed by atoms with van der Waals surface area (Å²) in [6.07, 6.45) is 6.63. The number of unbranched alkanes of at least 4 members (excludes halogenated alkanes) is 1. The van der Waals surface area contributed by atoms with Crippen molar-refractivity contribution in [3.05, 3.63) is 35.9 Å². The molecule has 0 heterocycles. The van der Waals surface area contributed by atoms with Gasteiger partial charge in [-0.15, -0.1) is 0 Å². The maximum absolute atomic E-state index is 5.26. The molecule has 1 fully saturated rings. The fraction of sp³-hybridized carbons (Fsp3) is 0.600. The van der Waals surface area contributed by atoms with Crippen LogP contribution in [0.4, 0.5) is 0 Å². The Labute approximate surface area is 104 Å². The molecule has 1 aliphatic carbocycles. The fourth-order valence-electron chi connectivity index (χ4n) is 2.33. The van der Waals surface area contributed by atoms with Gasteiger partial charge in [0.2, 0.25) is 0 Å². The summed E-state index contributed by atoms with van der Waals surface area (Å²) >= 11 is 0. The van der Waals surface area contributed by atoms with E-state index >= 15 is 0 Å². The van der Waals surface area contributed by atoms with Crippen molar-refractivity contribution in [2.45, 2.75) is 44.2 Å². The van der Waals surface area contributed by atoms with Crippen molar-refractivity contribution in [3.63, 3.8) is 0 Å². The first kappa shape index (κ1) is 12.6. The molecule has 2 nitrogen and oxygen atoms in total. The van der Waals surface area contributed by atoms with Crippen molar-refractivity contribution >= 4 is 0 Å². The van der Waals surface area contributed by atoms with Gasteiger partial charge in [0.05, 0.1) is 6.10 Å². The summed E-state index contributed by atoms with van der Waals surface area (Å²) in [7, 11) is 1.81. The van der Waals surface area contributed by atoms with Crippen LogP contribution in [0, 0.1) is 0 Å². The van der Waals surface area contributed by atoms with Gasteiger partial charge in [-0.05, 0) is 44.2 Å². The van der Waals surface area contributed by atoms with Crippen LogP contribution in [0.25, 0.3) is 0 Å². The lowest BCUT2D eigenvalue weighted by Crippen LogP contribution is -2.45. The summed E-state index contributed by atoms with van der Waals surface area (Å²) in [5.74, 6) is 0. The number of methoxy groups -OCH3 is 1. The Balaban J connectivity index is 1.47. The maximum Gasteiger partial charge on any atom is 0.0601 e. The van der Waals surface area contributed by atoms with Crippen LogP contribution in [0.1, 0.15) is 31.2 Å². The summed E-state index contributed by atoms with van der Waals surface area (Å²) in [5, 5.41) is 3.59. The van der Waals surface area contributed by atoms with Crippen LogP contribution >= 0.6 is 0 Å². The molecule has 0 saturated heterocycles. The van der Waals surface area contributed by atoms with Gasteiger partial charge in [0.15, 0.2) is 0 Å². The molecular weight excluding hydrogens is 210 g/mol. The molecule has 1 aromatic rings. The molecule has 0 aromatic heterocycles. The van der Waals surface area contributed by atoms with Gasteiger partial charge in [-0.2, -0.15) is 0 Å². The van der Waals surface area contributed by atoms with Crippen molar-refractivity contribution in [3.8, 4) is 0 Å². The van der Waals surface area contributed by atoms with Crippen LogP contribution in [0.5, 0.6) is 0 Å². The zero-order chi connectivity index (χ0) is 11.9. The summed E-state index contributed by atoms with van der Waals surface area (Å²) in [6.45, 7) is 1.15. The minimum Gasteiger partial charge on any atom is -0.381 e. The van der Waals surface area contributed by atoms with Gasteiger partial charge in [0.25, 0.3) is 0 Å². The van der Waals surface area contributed by atoms with Gasteiger partial charge in [0.1, 0.15) is 0 Å². The van der Waals surface area contributed by atoms with Gasteiger partial charge < -0.3 is 10.1 Å². The predicted molar refractivity (Wildman–Crippen MR) is 71.2 cm³/mol. The summed E-state index contributed by atoms with van der Waals surface area (Å²) < 4.78 is 5.26.